The number of halogens is 1. The molecule has 0 fully saturated rings. The number of hydrogen-bond acceptors (Lipinski definition) is 7. The molecule has 0 amide bonds. The average Bonchev–Trinajstić information content (AvgIpc) is 3.03. The molecule has 212 valence electrons. The lowest BCUT2D eigenvalue weighted by Crippen LogP contribution is -2.27. The minimum Gasteiger partial charge on any atom is -0.487 e. The number of carboxylic acids is 1. The van der Waals surface area contributed by atoms with E-state index in [1.54, 1.807) is 42.5 Å². The van der Waals surface area contributed by atoms with Gasteiger partial charge < -0.3 is 20.1 Å². The quantitative estimate of drug-likeness (QED) is 0.340. The highest BCUT2D eigenvalue weighted by molar-refractivity contribution is 7.92. The molecule has 0 radical (unpaired) electrons. The van der Waals surface area contributed by atoms with E-state index in [-0.39, 0.29) is 24.8 Å². The van der Waals surface area contributed by atoms with Gasteiger partial charge in [0, 0.05) is 23.1 Å². The van der Waals surface area contributed by atoms with Gasteiger partial charge in [0.1, 0.15) is 23.9 Å². The topological polar surface area (TPSA) is 137 Å². The number of aliphatic carboxylic acids is 1. The first-order valence-electron chi connectivity index (χ1n) is 12.7. The summed E-state index contributed by atoms with van der Waals surface area (Å²) in [7, 11) is -3.89. The summed E-state index contributed by atoms with van der Waals surface area (Å²) < 4.78 is 47.5. The predicted octanol–water partition coefficient (Wildman–Crippen LogP) is 4.60. The minimum absolute atomic E-state index is 0.0445. The molecule has 0 spiro atoms. The molecule has 9 nitrogen and oxygen atoms in total. The van der Waals surface area contributed by atoms with Crippen LogP contribution in [0.5, 0.6) is 5.75 Å². The zero-order valence-corrected chi connectivity index (χ0v) is 23.1. The number of fused-ring (bicyclic) bond motifs is 2. The van der Waals surface area contributed by atoms with Crippen molar-refractivity contribution in [2.75, 3.05) is 10.6 Å². The van der Waals surface area contributed by atoms with Crippen LogP contribution in [0.1, 0.15) is 49.4 Å². The largest absolute Gasteiger partial charge is 0.487 e. The molecule has 0 aliphatic carbocycles. The van der Waals surface area contributed by atoms with Crippen LogP contribution < -0.4 is 9.04 Å². The second kappa shape index (κ2) is 11.7. The Labute approximate surface area is 232 Å². The Bertz CT molecular complexity index is 1540. The monoisotopic (exact) mass is 570 g/mol. The van der Waals surface area contributed by atoms with Gasteiger partial charge in [-0.25, -0.2) is 22.1 Å². The molecular formula is C29H31FN2O7S. The Morgan fingerprint density at radius 1 is 1.15 bits per heavy atom. The van der Waals surface area contributed by atoms with Crippen molar-refractivity contribution in [1.29, 1.82) is 0 Å². The van der Waals surface area contributed by atoms with Crippen molar-refractivity contribution in [3.05, 3.63) is 77.2 Å². The van der Waals surface area contributed by atoms with Crippen molar-refractivity contribution >= 4 is 33.6 Å². The van der Waals surface area contributed by atoms with Crippen molar-refractivity contribution in [2.45, 2.75) is 51.4 Å². The number of pyridine rings is 1. The van der Waals surface area contributed by atoms with Crippen LogP contribution in [0.25, 0.3) is 17.2 Å². The lowest BCUT2D eigenvalue weighted by Gasteiger charge is -2.26. The number of aromatic nitrogens is 1. The summed E-state index contributed by atoms with van der Waals surface area (Å²) in [4.78, 5) is 15.7. The van der Waals surface area contributed by atoms with Crippen LogP contribution in [0.4, 0.5) is 15.9 Å². The number of aliphatic hydroxyl groups excluding tert-OH is 2. The summed E-state index contributed by atoms with van der Waals surface area (Å²) >= 11 is 0. The number of carboxylic acid groups (broad SMARTS) is 1. The number of hydrogen-bond donors (Lipinski definition) is 3. The van der Waals surface area contributed by atoms with Gasteiger partial charge in [-0.2, -0.15) is 0 Å². The number of benzene rings is 2. The van der Waals surface area contributed by atoms with Crippen molar-refractivity contribution < 1.29 is 37.7 Å². The Morgan fingerprint density at radius 3 is 2.45 bits per heavy atom. The fourth-order valence-electron chi connectivity index (χ4n) is 4.70. The Balaban J connectivity index is 1.98. The fraction of sp³-hybridized carbons (Fsp3) is 0.310. The molecule has 11 heteroatoms. The maximum absolute atomic E-state index is 13.9. The number of aliphatic hydroxyl groups is 2. The van der Waals surface area contributed by atoms with E-state index in [4.69, 9.17) is 14.8 Å². The van der Waals surface area contributed by atoms with Crippen LogP contribution in [0, 0.1) is 5.82 Å². The zero-order valence-electron chi connectivity index (χ0n) is 22.3. The van der Waals surface area contributed by atoms with E-state index in [2.05, 4.69) is 0 Å². The highest BCUT2D eigenvalue weighted by atomic mass is 32.2. The van der Waals surface area contributed by atoms with Crippen molar-refractivity contribution in [3.63, 3.8) is 0 Å². The molecule has 2 atom stereocenters. The number of anilines is 2. The molecule has 0 saturated carbocycles. The molecular weight excluding hydrogens is 539 g/mol. The molecule has 0 bridgehead atoms. The van der Waals surface area contributed by atoms with Gasteiger partial charge in [0.15, 0.2) is 5.82 Å². The molecule has 2 heterocycles. The SMILES string of the molecule is CC(C)c1nc2c(c(-c3ccc(F)cc3)c1/C=C/[C@@H](O)C[C@@H](O)CC(=O)O)COc1ccccc1N2S(C)(=O)=O. The summed E-state index contributed by atoms with van der Waals surface area (Å²) in [6.45, 7) is 3.73. The smallest absolute Gasteiger partial charge is 0.305 e. The Hall–Kier alpha value is -3.80. The van der Waals surface area contributed by atoms with Gasteiger partial charge in [-0.1, -0.05) is 50.3 Å². The summed E-state index contributed by atoms with van der Waals surface area (Å²) in [5.74, 6) is -1.34. The second-order valence-corrected chi connectivity index (χ2v) is 11.8. The number of sulfonamides is 1. The number of rotatable bonds is 9. The molecule has 3 aromatic rings. The van der Waals surface area contributed by atoms with E-state index in [1.165, 1.54) is 18.2 Å². The fourth-order valence-corrected chi connectivity index (χ4v) is 5.67. The summed E-state index contributed by atoms with van der Waals surface area (Å²) in [6.07, 6.45) is 0.976. The lowest BCUT2D eigenvalue weighted by atomic mass is 9.90. The maximum atomic E-state index is 13.9. The van der Waals surface area contributed by atoms with Gasteiger partial charge >= 0.3 is 5.97 Å². The van der Waals surface area contributed by atoms with Gasteiger partial charge in [-0.05, 0) is 35.7 Å². The molecule has 40 heavy (non-hydrogen) atoms. The Kier molecular flexibility index (Phi) is 8.57. The standard InChI is InChI=1S/C29H31FN2O7S/c1-17(2)28-22(13-12-20(33)14-21(34)15-26(35)36)27(18-8-10-19(30)11-9-18)23-16-39-25-7-5-4-6-24(25)32(29(23)31-28)40(3,37)38/h4-13,17,20-21,33-34H,14-16H2,1-3H3,(H,35,36)/b13-12+/t20-,21-/m1/s1. The summed E-state index contributed by atoms with van der Waals surface area (Å²) in [6, 6.07) is 12.5. The van der Waals surface area contributed by atoms with Crippen LogP contribution >= 0.6 is 0 Å². The summed E-state index contributed by atoms with van der Waals surface area (Å²) in [5, 5.41) is 29.4. The third-order valence-corrected chi connectivity index (χ3v) is 7.44. The first-order valence-corrected chi connectivity index (χ1v) is 14.5. The van der Waals surface area contributed by atoms with Crippen LogP contribution in [0.15, 0.2) is 54.6 Å². The average molecular weight is 571 g/mol. The minimum atomic E-state index is -3.89. The molecule has 1 aliphatic rings. The van der Waals surface area contributed by atoms with E-state index in [1.807, 2.05) is 13.8 Å². The third-order valence-electron chi connectivity index (χ3n) is 6.41. The number of para-hydroxylation sites is 2. The van der Waals surface area contributed by atoms with Crippen molar-refractivity contribution in [3.8, 4) is 16.9 Å². The molecule has 4 rings (SSSR count). The van der Waals surface area contributed by atoms with E-state index >= 15 is 0 Å². The molecule has 3 N–H and O–H groups in total. The maximum Gasteiger partial charge on any atom is 0.305 e. The first-order chi connectivity index (χ1) is 18.9. The number of nitrogens with zero attached hydrogens (tertiary/aromatic N) is 2. The summed E-state index contributed by atoms with van der Waals surface area (Å²) in [5.41, 5.74) is 2.94. The molecule has 0 unspecified atom stereocenters. The predicted molar refractivity (Wildman–Crippen MR) is 149 cm³/mol. The third kappa shape index (κ3) is 6.33. The van der Waals surface area contributed by atoms with Crippen LogP contribution in [0.2, 0.25) is 0 Å². The van der Waals surface area contributed by atoms with Gasteiger partial charge in [0.05, 0.1) is 30.6 Å². The second-order valence-electron chi connectivity index (χ2n) is 9.95. The Morgan fingerprint density at radius 2 is 1.82 bits per heavy atom. The van der Waals surface area contributed by atoms with Gasteiger partial charge in [-0.15, -0.1) is 0 Å². The van der Waals surface area contributed by atoms with E-state index in [0.717, 1.165) is 10.6 Å². The van der Waals surface area contributed by atoms with Crippen LogP contribution in [0.3, 0.4) is 0 Å². The first kappa shape index (κ1) is 29.2. The lowest BCUT2D eigenvalue weighted by molar-refractivity contribution is -0.139. The van der Waals surface area contributed by atoms with Gasteiger partial charge in [0.2, 0.25) is 10.0 Å². The van der Waals surface area contributed by atoms with Crippen molar-refractivity contribution in [1.82, 2.24) is 4.98 Å². The zero-order chi connectivity index (χ0) is 29.2. The van der Waals surface area contributed by atoms with E-state index in [0.29, 0.717) is 39.4 Å². The molecule has 1 aliphatic heterocycles. The highest BCUT2D eigenvalue weighted by Gasteiger charge is 2.33. The number of ether oxygens (including phenoxy) is 1. The highest BCUT2D eigenvalue weighted by Crippen LogP contribution is 2.46. The normalized spacial score (nSPS) is 14.8. The van der Waals surface area contributed by atoms with E-state index < -0.39 is 40.4 Å². The van der Waals surface area contributed by atoms with Crippen LogP contribution in [-0.4, -0.2) is 53.2 Å². The molecule has 1 aromatic heterocycles. The van der Waals surface area contributed by atoms with Gasteiger partial charge in [0.25, 0.3) is 0 Å². The van der Waals surface area contributed by atoms with Crippen molar-refractivity contribution in [2.24, 2.45) is 0 Å². The van der Waals surface area contributed by atoms with Gasteiger partial charge in [-0.3, -0.25) is 4.79 Å². The number of carbonyl (C=O) groups is 1. The molecule has 0 saturated heterocycles. The molecule has 2 aromatic carbocycles. The van der Waals surface area contributed by atoms with Crippen LogP contribution in [-0.2, 0) is 21.4 Å². The van der Waals surface area contributed by atoms with E-state index in [9.17, 15) is 27.8 Å².